The van der Waals surface area contributed by atoms with Gasteiger partial charge in [0.25, 0.3) is 0 Å². The third kappa shape index (κ3) is 5.02. The molecule has 1 aromatic carbocycles. The normalized spacial score (nSPS) is 17.9. The molecule has 9 heteroatoms. The van der Waals surface area contributed by atoms with Crippen LogP contribution in [0.2, 0.25) is 0 Å². The Morgan fingerprint density at radius 3 is 2.87 bits per heavy atom. The average molecular weight is 430 g/mol. The van der Waals surface area contributed by atoms with Gasteiger partial charge in [0.2, 0.25) is 11.8 Å². The number of aromatic nitrogens is 2. The molecule has 30 heavy (non-hydrogen) atoms. The average Bonchev–Trinajstić information content (AvgIpc) is 2.77. The maximum Gasteiger partial charge on any atom is 0.234 e. The van der Waals surface area contributed by atoms with Crippen molar-refractivity contribution >= 4 is 29.1 Å². The van der Waals surface area contributed by atoms with E-state index in [9.17, 15) is 0 Å². The molecule has 0 spiro atoms. The number of nitrogens with zero attached hydrogens (tertiary/aromatic N) is 3. The summed E-state index contributed by atoms with van der Waals surface area (Å²) in [5.41, 5.74) is 1.04. The number of ether oxygens (including phenoxy) is 3. The Kier molecular flexibility index (Phi) is 6.37. The van der Waals surface area contributed by atoms with Gasteiger partial charge in [0.15, 0.2) is 16.6 Å². The summed E-state index contributed by atoms with van der Waals surface area (Å²) >= 11 is 5.44. The SMILES string of the molecule is COc1cc(N2CCC[C@H](C)C2)nc(NC(=S)NCc2ccc3c(c2)OCCO3)n1. The van der Waals surface area contributed by atoms with Gasteiger partial charge in [0.1, 0.15) is 19.0 Å². The Balaban J connectivity index is 1.39. The van der Waals surface area contributed by atoms with Crippen molar-refractivity contribution in [3.63, 3.8) is 0 Å². The van der Waals surface area contributed by atoms with E-state index in [1.54, 1.807) is 7.11 Å². The fourth-order valence-corrected chi connectivity index (χ4v) is 3.82. The third-order valence-electron chi connectivity index (χ3n) is 5.16. The number of nitrogens with one attached hydrogen (secondary N) is 2. The van der Waals surface area contributed by atoms with Crippen molar-refractivity contribution in [2.75, 3.05) is 43.6 Å². The van der Waals surface area contributed by atoms with Crippen LogP contribution in [0.1, 0.15) is 25.3 Å². The van der Waals surface area contributed by atoms with E-state index in [1.165, 1.54) is 6.42 Å². The lowest BCUT2D eigenvalue weighted by atomic mass is 10.0. The zero-order valence-corrected chi connectivity index (χ0v) is 18.1. The van der Waals surface area contributed by atoms with Crippen molar-refractivity contribution < 1.29 is 14.2 Å². The molecule has 2 aliphatic heterocycles. The second-order valence-corrected chi connectivity index (χ2v) is 7.98. The summed E-state index contributed by atoms with van der Waals surface area (Å²) < 4.78 is 16.6. The number of benzene rings is 1. The largest absolute Gasteiger partial charge is 0.486 e. The summed E-state index contributed by atoms with van der Waals surface area (Å²) in [6.45, 7) is 5.92. The van der Waals surface area contributed by atoms with Gasteiger partial charge < -0.3 is 29.7 Å². The lowest BCUT2D eigenvalue weighted by Crippen LogP contribution is -2.35. The van der Waals surface area contributed by atoms with Crippen LogP contribution in [0.15, 0.2) is 24.3 Å². The summed E-state index contributed by atoms with van der Waals surface area (Å²) in [5.74, 6) is 3.96. The molecule has 2 N–H and O–H groups in total. The Morgan fingerprint density at radius 1 is 1.23 bits per heavy atom. The maximum atomic E-state index is 5.63. The number of methoxy groups -OCH3 is 1. The topological polar surface area (TPSA) is 80.8 Å². The van der Waals surface area contributed by atoms with E-state index < -0.39 is 0 Å². The summed E-state index contributed by atoms with van der Waals surface area (Å²) in [6.07, 6.45) is 2.41. The molecule has 8 nitrogen and oxygen atoms in total. The molecule has 0 aliphatic carbocycles. The number of piperidine rings is 1. The number of anilines is 2. The van der Waals surface area contributed by atoms with Crippen LogP contribution in [0.3, 0.4) is 0 Å². The van der Waals surface area contributed by atoms with Crippen molar-refractivity contribution in [1.82, 2.24) is 15.3 Å². The van der Waals surface area contributed by atoms with Gasteiger partial charge >= 0.3 is 0 Å². The van der Waals surface area contributed by atoms with Crippen molar-refractivity contribution in [1.29, 1.82) is 0 Å². The van der Waals surface area contributed by atoms with Crippen LogP contribution in [0.4, 0.5) is 11.8 Å². The number of hydrogen-bond acceptors (Lipinski definition) is 7. The smallest absolute Gasteiger partial charge is 0.234 e. The molecule has 160 valence electrons. The molecule has 0 radical (unpaired) electrons. The molecule has 0 unspecified atom stereocenters. The quantitative estimate of drug-likeness (QED) is 0.697. The number of rotatable bonds is 5. The van der Waals surface area contributed by atoms with E-state index in [0.29, 0.717) is 42.6 Å². The highest BCUT2D eigenvalue weighted by Gasteiger charge is 2.19. The predicted molar refractivity (Wildman–Crippen MR) is 120 cm³/mol. The molecule has 1 atom stereocenters. The first-order valence-corrected chi connectivity index (χ1v) is 10.6. The van der Waals surface area contributed by atoms with Gasteiger partial charge in [-0.1, -0.05) is 13.0 Å². The Hall–Kier alpha value is -2.81. The molecule has 2 aliphatic rings. The van der Waals surface area contributed by atoms with Gasteiger partial charge in [-0.05, 0) is 48.7 Å². The minimum absolute atomic E-state index is 0.419. The Labute approximate surface area is 181 Å². The van der Waals surface area contributed by atoms with E-state index in [2.05, 4.69) is 32.4 Å². The molecule has 0 saturated carbocycles. The zero-order valence-electron chi connectivity index (χ0n) is 17.3. The van der Waals surface area contributed by atoms with Crippen LogP contribution in [-0.4, -0.2) is 48.5 Å². The van der Waals surface area contributed by atoms with Crippen molar-refractivity contribution in [3.8, 4) is 17.4 Å². The summed E-state index contributed by atoms with van der Waals surface area (Å²) in [5, 5.41) is 6.70. The van der Waals surface area contributed by atoms with Gasteiger partial charge in [0.05, 0.1) is 7.11 Å². The molecule has 2 aromatic rings. The molecule has 0 bridgehead atoms. The molecule has 3 heterocycles. The molecule has 0 amide bonds. The first-order chi connectivity index (χ1) is 14.6. The zero-order chi connectivity index (χ0) is 20.9. The Bertz CT molecular complexity index is 910. The lowest BCUT2D eigenvalue weighted by molar-refractivity contribution is 0.171. The Morgan fingerprint density at radius 2 is 2.07 bits per heavy atom. The maximum absolute atomic E-state index is 5.63. The van der Waals surface area contributed by atoms with Crippen LogP contribution in [0, 0.1) is 5.92 Å². The van der Waals surface area contributed by atoms with Gasteiger partial charge in [-0.2, -0.15) is 9.97 Å². The fourth-order valence-electron chi connectivity index (χ4n) is 3.66. The number of thiocarbonyl (C=S) groups is 1. The molecule has 1 saturated heterocycles. The first kappa shape index (κ1) is 20.5. The fraction of sp³-hybridized carbons (Fsp3) is 0.476. The van der Waals surface area contributed by atoms with Crippen LogP contribution in [0.25, 0.3) is 0 Å². The van der Waals surface area contributed by atoms with E-state index in [4.69, 9.17) is 26.4 Å². The van der Waals surface area contributed by atoms with Crippen LogP contribution < -0.4 is 29.7 Å². The van der Waals surface area contributed by atoms with Gasteiger partial charge in [-0.3, -0.25) is 0 Å². The van der Waals surface area contributed by atoms with Crippen molar-refractivity contribution in [3.05, 3.63) is 29.8 Å². The third-order valence-corrected chi connectivity index (χ3v) is 5.41. The summed E-state index contributed by atoms with van der Waals surface area (Å²) in [4.78, 5) is 11.3. The minimum atomic E-state index is 0.419. The number of fused-ring (bicyclic) bond motifs is 1. The van der Waals surface area contributed by atoms with Crippen molar-refractivity contribution in [2.45, 2.75) is 26.3 Å². The van der Waals surface area contributed by atoms with Crippen molar-refractivity contribution in [2.24, 2.45) is 5.92 Å². The molecule has 4 rings (SSSR count). The lowest BCUT2D eigenvalue weighted by Gasteiger charge is -2.32. The van der Waals surface area contributed by atoms with Crippen LogP contribution >= 0.6 is 12.2 Å². The van der Waals surface area contributed by atoms with Crippen LogP contribution in [0.5, 0.6) is 17.4 Å². The molecule has 1 fully saturated rings. The van der Waals surface area contributed by atoms with E-state index >= 15 is 0 Å². The number of hydrogen-bond donors (Lipinski definition) is 2. The summed E-state index contributed by atoms with van der Waals surface area (Å²) in [6, 6.07) is 7.73. The molecular formula is C21H27N5O3S. The highest BCUT2D eigenvalue weighted by Crippen LogP contribution is 2.30. The highest BCUT2D eigenvalue weighted by atomic mass is 32.1. The first-order valence-electron chi connectivity index (χ1n) is 10.2. The monoisotopic (exact) mass is 429 g/mol. The van der Waals surface area contributed by atoms with E-state index in [1.807, 2.05) is 24.3 Å². The van der Waals surface area contributed by atoms with Crippen LogP contribution in [-0.2, 0) is 6.54 Å². The predicted octanol–water partition coefficient (Wildman–Crippen LogP) is 2.98. The highest BCUT2D eigenvalue weighted by molar-refractivity contribution is 7.80. The second-order valence-electron chi connectivity index (χ2n) is 7.57. The molecule has 1 aromatic heterocycles. The second kappa shape index (κ2) is 9.34. The van der Waals surface area contributed by atoms with E-state index in [0.717, 1.165) is 42.4 Å². The standard InChI is InChI=1S/C21H27N5O3S/c1-14-4-3-7-26(13-14)18-11-19(27-2)24-20(23-18)25-21(30)22-12-15-5-6-16-17(10-15)29-9-8-28-16/h5-6,10-11,14H,3-4,7-9,12-13H2,1-2H3,(H2,22,23,24,25,30)/t14-/m0/s1. The van der Waals surface area contributed by atoms with Gasteiger partial charge in [0, 0.05) is 25.7 Å². The van der Waals surface area contributed by atoms with E-state index in [-0.39, 0.29) is 0 Å². The summed E-state index contributed by atoms with van der Waals surface area (Å²) in [7, 11) is 1.60. The minimum Gasteiger partial charge on any atom is -0.486 e. The van der Waals surface area contributed by atoms with Gasteiger partial charge in [-0.15, -0.1) is 0 Å². The molecular weight excluding hydrogens is 402 g/mol. The van der Waals surface area contributed by atoms with Gasteiger partial charge in [-0.25, -0.2) is 0 Å².